The molecule has 2 aromatic rings. The van der Waals surface area contributed by atoms with Crippen LogP contribution in [0.1, 0.15) is 23.1 Å². The number of aromatic nitrogens is 5. The normalized spacial score (nSPS) is 10.6. The maximum atomic E-state index is 11.7. The van der Waals surface area contributed by atoms with Gasteiger partial charge in [0.15, 0.2) is 5.69 Å². The van der Waals surface area contributed by atoms with Gasteiger partial charge in [0.25, 0.3) is 0 Å². The molecule has 0 radical (unpaired) electrons. The summed E-state index contributed by atoms with van der Waals surface area (Å²) in [5, 5.41) is 11.8. The van der Waals surface area contributed by atoms with Gasteiger partial charge in [0.2, 0.25) is 0 Å². The highest BCUT2D eigenvalue weighted by atomic mass is 35.5. The maximum Gasteiger partial charge on any atom is 0.360 e. The average Bonchev–Trinajstić information content (AvgIpc) is 3.05. The van der Waals surface area contributed by atoms with E-state index in [1.807, 2.05) is 12.3 Å². The smallest absolute Gasteiger partial charge is 0.360 e. The maximum absolute atomic E-state index is 11.7. The van der Waals surface area contributed by atoms with Crippen LogP contribution in [0.5, 0.6) is 0 Å². The highest BCUT2D eigenvalue weighted by Crippen LogP contribution is 2.10. The van der Waals surface area contributed by atoms with Gasteiger partial charge in [0.05, 0.1) is 31.3 Å². The number of hydrogen-bond acceptors (Lipinski definition) is 5. The van der Waals surface area contributed by atoms with Crippen molar-refractivity contribution in [2.45, 2.75) is 25.9 Å². The highest BCUT2D eigenvalue weighted by molar-refractivity contribution is 6.17. The molecule has 8 heteroatoms. The first kappa shape index (κ1) is 13.5. The van der Waals surface area contributed by atoms with Crippen molar-refractivity contribution in [1.29, 1.82) is 0 Å². The van der Waals surface area contributed by atoms with E-state index in [-0.39, 0.29) is 11.6 Å². The second kappa shape index (κ2) is 6.33. The van der Waals surface area contributed by atoms with Gasteiger partial charge in [-0.05, 0) is 13.0 Å². The molecule has 2 rings (SSSR count). The van der Waals surface area contributed by atoms with E-state index in [4.69, 9.17) is 16.3 Å². The molecule has 7 nitrogen and oxygen atoms in total. The van der Waals surface area contributed by atoms with E-state index in [1.165, 1.54) is 0 Å². The van der Waals surface area contributed by atoms with Crippen molar-refractivity contribution in [3.05, 3.63) is 29.8 Å². The molecular formula is C11H14ClN5O2. The summed E-state index contributed by atoms with van der Waals surface area (Å²) in [4.78, 5) is 11.7. The van der Waals surface area contributed by atoms with Crippen molar-refractivity contribution in [3.63, 3.8) is 0 Å². The molecule has 0 aliphatic carbocycles. The second-order valence-electron chi connectivity index (χ2n) is 3.73. The van der Waals surface area contributed by atoms with Crippen LogP contribution in [0.3, 0.4) is 0 Å². The van der Waals surface area contributed by atoms with Crippen molar-refractivity contribution < 1.29 is 9.53 Å². The number of hydrogen-bond donors (Lipinski definition) is 0. The Morgan fingerprint density at radius 2 is 2.32 bits per heavy atom. The number of aryl methyl sites for hydroxylation is 2. The van der Waals surface area contributed by atoms with Crippen molar-refractivity contribution in [2.24, 2.45) is 0 Å². The number of ether oxygens (including phenoxy) is 1. The third-order valence-corrected chi connectivity index (χ3v) is 2.79. The zero-order chi connectivity index (χ0) is 13.7. The van der Waals surface area contributed by atoms with Gasteiger partial charge in [-0.1, -0.05) is 5.21 Å². The molecule has 0 spiro atoms. The van der Waals surface area contributed by atoms with Gasteiger partial charge < -0.3 is 4.74 Å². The standard InChI is InChI=1S/C11H14ClN5O2/c1-2-19-11(18)10-9(8-12)17(15-14-10)7-6-16-5-3-4-13-16/h3-5H,2,6-8H2,1H3. The molecule has 0 N–H and O–H groups in total. The minimum absolute atomic E-state index is 0.153. The van der Waals surface area contributed by atoms with Crippen LogP contribution in [0, 0.1) is 0 Å². The zero-order valence-electron chi connectivity index (χ0n) is 10.5. The van der Waals surface area contributed by atoms with Crippen LogP contribution in [0.2, 0.25) is 0 Å². The lowest BCUT2D eigenvalue weighted by atomic mass is 10.3. The fourth-order valence-corrected chi connectivity index (χ4v) is 1.90. The summed E-state index contributed by atoms with van der Waals surface area (Å²) in [6, 6.07) is 1.84. The number of rotatable bonds is 6. The van der Waals surface area contributed by atoms with Crippen LogP contribution in [-0.4, -0.2) is 37.4 Å². The Labute approximate surface area is 115 Å². The largest absolute Gasteiger partial charge is 0.461 e. The predicted molar refractivity (Wildman–Crippen MR) is 67.8 cm³/mol. The van der Waals surface area contributed by atoms with Crippen LogP contribution < -0.4 is 0 Å². The summed E-state index contributed by atoms with van der Waals surface area (Å²) in [6.07, 6.45) is 3.55. The Balaban J connectivity index is 2.10. The van der Waals surface area contributed by atoms with E-state index < -0.39 is 5.97 Å². The second-order valence-corrected chi connectivity index (χ2v) is 4.00. The summed E-state index contributed by atoms with van der Waals surface area (Å²) < 4.78 is 8.27. The molecule has 0 aliphatic rings. The SMILES string of the molecule is CCOC(=O)c1nnn(CCn2cccn2)c1CCl. The van der Waals surface area contributed by atoms with E-state index in [9.17, 15) is 4.79 Å². The molecule has 0 unspecified atom stereocenters. The van der Waals surface area contributed by atoms with E-state index >= 15 is 0 Å². The molecule has 0 amide bonds. The lowest BCUT2D eigenvalue weighted by molar-refractivity contribution is 0.0518. The third kappa shape index (κ3) is 3.11. The Morgan fingerprint density at radius 3 is 2.95 bits per heavy atom. The summed E-state index contributed by atoms with van der Waals surface area (Å²) >= 11 is 5.85. The van der Waals surface area contributed by atoms with Crippen LogP contribution in [0.25, 0.3) is 0 Å². The zero-order valence-corrected chi connectivity index (χ0v) is 11.2. The number of alkyl halides is 1. The van der Waals surface area contributed by atoms with Gasteiger partial charge in [-0.3, -0.25) is 4.68 Å². The van der Waals surface area contributed by atoms with Crippen LogP contribution in [-0.2, 0) is 23.7 Å². The fraction of sp³-hybridized carbons (Fsp3) is 0.455. The lowest BCUT2D eigenvalue weighted by Gasteiger charge is -2.05. The summed E-state index contributed by atoms with van der Waals surface area (Å²) in [5.74, 6) is -0.344. The average molecular weight is 284 g/mol. The Morgan fingerprint density at radius 1 is 1.47 bits per heavy atom. The molecule has 0 fully saturated rings. The van der Waals surface area contributed by atoms with E-state index in [0.29, 0.717) is 25.4 Å². The minimum atomic E-state index is -0.497. The van der Waals surface area contributed by atoms with Gasteiger partial charge in [0, 0.05) is 12.4 Å². The molecule has 0 aliphatic heterocycles. The summed E-state index contributed by atoms with van der Waals surface area (Å²) in [7, 11) is 0. The highest BCUT2D eigenvalue weighted by Gasteiger charge is 2.19. The van der Waals surface area contributed by atoms with Crippen molar-refractivity contribution >= 4 is 17.6 Å². The number of halogens is 1. The molecular weight excluding hydrogens is 270 g/mol. The summed E-state index contributed by atoms with van der Waals surface area (Å²) in [6.45, 7) is 3.19. The van der Waals surface area contributed by atoms with Gasteiger partial charge in [0.1, 0.15) is 0 Å². The molecule has 2 aromatic heterocycles. The van der Waals surface area contributed by atoms with Gasteiger partial charge in [-0.15, -0.1) is 16.7 Å². The quantitative estimate of drug-likeness (QED) is 0.586. The summed E-state index contributed by atoms with van der Waals surface area (Å²) in [5.41, 5.74) is 0.740. The molecule has 102 valence electrons. The molecule has 2 heterocycles. The first-order chi connectivity index (χ1) is 9.26. The molecule has 19 heavy (non-hydrogen) atoms. The molecule has 0 atom stereocenters. The topological polar surface area (TPSA) is 74.8 Å². The van der Waals surface area contributed by atoms with Crippen molar-refractivity contribution in [1.82, 2.24) is 24.8 Å². The van der Waals surface area contributed by atoms with Crippen LogP contribution in [0.4, 0.5) is 0 Å². The molecule has 0 saturated carbocycles. The van der Waals surface area contributed by atoms with Crippen molar-refractivity contribution in [2.75, 3.05) is 6.61 Å². The molecule has 0 aromatic carbocycles. The van der Waals surface area contributed by atoms with Crippen LogP contribution in [0.15, 0.2) is 18.5 Å². The van der Waals surface area contributed by atoms with Gasteiger partial charge >= 0.3 is 5.97 Å². The number of carbonyl (C=O) groups is 1. The minimum Gasteiger partial charge on any atom is -0.461 e. The fourth-order valence-electron chi connectivity index (χ4n) is 1.63. The first-order valence-electron chi connectivity index (χ1n) is 5.89. The van der Waals surface area contributed by atoms with E-state index in [1.54, 1.807) is 22.5 Å². The predicted octanol–water partition coefficient (Wildman–Crippen LogP) is 1.09. The number of esters is 1. The number of carbonyl (C=O) groups excluding carboxylic acids is 1. The lowest BCUT2D eigenvalue weighted by Crippen LogP contribution is -2.13. The monoisotopic (exact) mass is 283 g/mol. The van der Waals surface area contributed by atoms with Gasteiger partial charge in [-0.2, -0.15) is 5.10 Å². The van der Waals surface area contributed by atoms with Crippen LogP contribution >= 0.6 is 11.6 Å². The Hall–Kier alpha value is -1.89. The Bertz CT molecular complexity index is 537. The van der Waals surface area contributed by atoms with Gasteiger partial charge in [-0.25, -0.2) is 9.48 Å². The third-order valence-electron chi connectivity index (χ3n) is 2.53. The van der Waals surface area contributed by atoms with Crippen molar-refractivity contribution in [3.8, 4) is 0 Å². The van der Waals surface area contributed by atoms with E-state index in [0.717, 1.165) is 0 Å². The molecule has 0 bridgehead atoms. The van der Waals surface area contributed by atoms with E-state index in [2.05, 4.69) is 15.4 Å². The Kier molecular flexibility index (Phi) is 4.51. The molecule has 0 saturated heterocycles. The number of nitrogens with zero attached hydrogens (tertiary/aromatic N) is 5. The first-order valence-corrected chi connectivity index (χ1v) is 6.42.